The second-order valence-electron chi connectivity index (χ2n) is 6.24. The van der Waals surface area contributed by atoms with Crippen LogP contribution in [0.25, 0.3) is 0 Å². The van der Waals surface area contributed by atoms with Crippen molar-refractivity contribution in [2.45, 2.75) is 31.8 Å². The number of carbonyl (C=O) groups is 1. The SMILES string of the molecule is CC(O)C(O)C1CNc2nc(N)[nH]c(=O)c2N1C(=O)OCc1ccccc1. The van der Waals surface area contributed by atoms with Gasteiger partial charge in [0.2, 0.25) is 5.95 Å². The Bertz CT molecular complexity index is 870. The van der Waals surface area contributed by atoms with E-state index in [0.717, 1.165) is 10.5 Å². The predicted octanol–water partition coefficient (Wildman–Crippen LogP) is 0.0311. The Labute approximate surface area is 154 Å². The molecule has 1 aromatic heterocycles. The van der Waals surface area contributed by atoms with Crippen LogP contribution in [0, 0.1) is 0 Å². The molecule has 27 heavy (non-hydrogen) atoms. The maximum absolute atomic E-state index is 12.8. The molecule has 0 radical (unpaired) electrons. The molecule has 3 rings (SSSR count). The van der Waals surface area contributed by atoms with E-state index in [2.05, 4.69) is 15.3 Å². The van der Waals surface area contributed by atoms with E-state index in [-0.39, 0.29) is 30.6 Å². The summed E-state index contributed by atoms with van der Waals surface area (Å²) >= 11 is 0. The third-order valence-electron chi connectivity index (χ3n) is 4.25. The van der Waals surface area contributed by atoms with Crippen LogP contribution in [0.1, 0.15) is 12.5 Å². The quantitative estimate of drug-likeness (QED) is 0.501. The number of hydrogen-bond acceptors (Lipinski definition) is 8. The van der Waals surface area contributed by atoms with Gasteiger partial charge in [0.05, 0.1) is 12.1 Å². The number of benzene rings is 1. The van der Waals surface area contributed by atoms with Gasteiger partial charge in [-0.25, -0.2) is 4.79 Å². The van der Waals surface area contributed by atoms with Gasteiger partial charge >= 0.3 is 6.09 Å². The number of aliphatic hydroxyl groups is 2. The molecule has 10 heteroatoms. The first kappa shape index (κ1) is 18.7. The number of nitrogens with one attached hydrogen (secondary N) is 2. The van der Waals surface area contributed by atoms with Crippen molar-refractivity contribution in [1.82, 2.24) is 9.97 Å². The lowest BCUT2D eigenvalue weighted by Crippen LogP contribution is -2.58. The van der Waals surface area contributed by atoms with E-state index in [1.165, 1.54) is 6.92 Å². The molecule has 0 saturated heterocycles. The number of anilines is 3. The predicted molar refractivity (Wildman–Crippen MR) is 98.3 cm³/mol. The van der Waals surface area contributed by atoms with Gasteiger partial charge in [-0.15, -0.1) is 0 Å². The standard InChI is InChI=1S/C17H21N5O5/c1-9(23)13(24)11-7-19-14-12(15(25)21-16(18)20-14)22(11)17(26)27-8-10-5-3-2-4-6-10/h2-6,9,11,13,23-24H,7-8H2,1H3,(H4,18,19,20,21,25). The minimum Gasteiger partial charge on any atom is -0.444 e. The van der Waals surface area contributed by atoms with Crippen LogP contribution in [0.4, 0.5) is 22.2 Å². The van der Waals surface area contributed by atoms with Gasteiger partial charge in [-0.3, -0.25) is 14.7 Å². The van der Waals surface area contributed by atoms with Gasteiger partial charge in [0.25, 0.3) is 5.56 Å². The normalized spacial score (nSPS) is 18.2. The highest BCUT2D eigenvalue weighted by Gasteiger charge is 2.40. The summed E-state index contributed by atoms with van der Waals surface area (Å²) in [6.45, 7) is 1.42. The highest BCUT2D eigenvalue weighted by Crippen LogP contribution is 2.29. The summed E-state index contributed by atoms with van der Waals surface area (Å²) in [5.41, 5.74) is 5.52. The lowest BCUT2D eigenvalue weighted by molar-refractivity contribution is 0.0145. The topological polar surface area (TPSA) is 154 Å². The molecule has 1 amide bonds. The maximum atomic E-state index is 12.8. The number of H-pyrrole nitrogens is 1. The summed E-state index contributed by atoms with van der Waals surface area (Å²) in [5, 5.41) is 23.0. The largest absolute Gasteiger partial charge is 0.444 e. The van der Waals surface area contributed by atoms with Gasteiger partial charge in [0, 0.05) is 6.54 Å². The molecule has 1 aliphatic rings. The van der Waals surface area contributed by atoms with E-state index in [9.17, 15) is 19.8 Å². The number of carbonyl (C=O) groups excluding carboxylic acids is 1. The van der Waals surface area contributed by atoms with E-state index in [1.54, 1.807) is 24.3 Å². The Balaban J connectivity index is 1.94. The summed E-state index contributed by atoms with van der Waals surface area (Å²) < 4.78 is 5.32. The van der Waals surface area contributed by atoms with Crippen molar-refractivity contribution in [3.05, 3.63) is 46.2 Å². The van der Waals surface area contributed by atoms with Crippen molar-refractivity contribution in [1.29, 1.82) is 0 Å². The van der Waals surface area contributed by atoms with Crippen molar-refractivity contribution in [3.63, 3.8) is 0 Å². The number of aromatic amines is 1. The van der Waals surface area contributed by atoms with Crippen LogP contribution < -0.4 is 21.5 Å². The molecule has 0 aliphatic carbocycles. The number of fused-ring (bicyclic) bond motifs is 1. The van der Waals surface area contributed by atoms with E-state index in [4.69, 9.17) is 10.5 Å². The molecular formula is C17H21N5O5. The Hall–Kier alpha value is -3.11. The van der Waals surface area contributed by atoms with Gasteiger partial charge < -0.3 is 26.0 Å². The van der Waals surface area contributed by atoms with Gasteiger partial charge in [-0.1, -0.05) is 30.3 Å². The lowest BCUT2D eigenvalue weighted by Gasteiger charge is -2.38. The lowest BCUT2D eigenvalue weighted by atomic mass is 10.0. The molecule has 2 heterocycles. The molecule has 144 valence electrons. The summed E-state index contributed by atoms with van der Waals surface area (Å²) in [5.74, 6) is -0.0136. The fourth-order valence-corrected chi connectivity index (χ4v) is 2.90. The fraction of sp³-hybridized carbons (Fsp3) is 0.353. The summed E-state index contributed by atoms with van der Waals surface area (Å²) in [6.07, 6.45) is -3.29. The number of aliphatic hydroxyl groups excluding tert-OH is 2. The number of hydrogen-bond donors (Lipinski definition) is 5. The van der Waals surface area contributed by atoms with Crippen LogP contribution in [0.2, 0.25) is 0 Å². The average Bonchev–Trinajstić information content (AvgIpc) is 2.65. The number of amides is 1. The van der Waals surface area contributed by atoms with Gasteiger partial charge in [-0.2, -0.15) is 4.98 Å². The zero-order chi connectivity index (χ0) is 19.6. The Morgan fingerprint density at radius 3 is 2.78 bits per heavy atom. The maximum Gasteiger partial charge on any atom is 0.415 e. The second-order valence-corrected chi connectivity index (χ2v) is 6.24. The molecule has 0 saturated carbocycles. The van der Waals surface area contributed by atoms with Gasteiger partial charge in [0.15, 0.2) is 11.5 Å². The third-order valence-corrected chi connectivity index (χ3v) is 4.25. The molecular weight excluding hydrogens is 354 g/mol. The Morgan fingerprint density at radius 2 is 2.11 bits per heavy atom. The number of ether oxygens (including phenoxy) is 1. The molecule has 1 aromatic carbocycles. The van der Waals surface area contributed by atoms with Crippen LogP contribution >= 0.6 is 0 Å². The summed E-state index contributed by atoms with van der Waals surface area (Å²) in [4.78, 5) is 32.5. The molecule has 10 nitrogen and oxygen atoms in total. The molecule has 1 aliphatic heterocycles. The molecule has 2 aromatic rings. The minimum absolute atomic E-state index is 0.0171. The number of nitrogens with two attached hydrogens (primary N) is 1. The first-order chi connectivity index (χ1) is 12.9. The van der Waals surface area contributed by atoms with Crippen molar-refractivity contribution in [3.8, 4) is 0 Å². The highest BCUT2D eigenvalue weighted by molar-refractivity contribution is 5.93. The van der Waals surface area contributed by atoms with Gasteiger partial charge in [-0.05, 0) is 12.5 Å². The third kappa shape index (κ3) is 3.86. The molecule has 3 unspecified atom stereocenters. The van der Waals surface area contributed by atoms with Crippen molar-refractivity contribution in [2.24, 2.45) is 0 Å². The number of aromatic nitrogens is 2. The Kier molecular flexibility index (Phi) is 5.28. The minimum atomic E-state index is -1.31. The molecule has 6 N–H and O–H groups in total. The van der Waals surface area contributed by atoms with E-state index in [1.807, 2.05) is 6.07 Å². The van der Waals surface area contributed by atoms with E-state index in [0.29, 0.717) is 0 Å². The zero-order valence-electron chi connectivity index (χ0n) is 14.6. The van der Waals surface area contributed by atoms with Crippen molar-refractivity contribution < 1.29 is 19.7 Å². The number of nitrogen functional groups attached to an aromatic ring is 1. The Morgan fingerprint density at radius 1 is 1.41 bits per heavy atom. The van der Waals surface area contributed by atoms with Crippen molar-refractivity contribution >= 4 is 23.5 Å². The molecule has 0 bridgehead atoms. The van der Waals surface area contributed by atoms with E-state index < -0.39 is 29.9 Å². The molecule has 3 atom stereocenters. The molecule has 0 spiro atoms. The first-order valence-electron chi connectivity index (χ1n) is 8.38. The fourth-order valence-electron chi connectivity index (χ4n) is 2.90. The second kappa shape index (κ2) is 7.64. The average molecular weight is 375 g/mol. The smallest absolute Gasteiger partial charge is 0.415 e. The van der Waals surface area contributed by atoms with E-state index >= 15 is 0 Å². The summed E-state index contributed by atoms with van der Waals surface area (Å²) in [7, 11) is 0. The zero-order valence-corrected chi connectivity index (χ0v) is 14.6. The van der Waals surface area contributed by atoms with Crippen LogP contribution in [-0.2, 0) is 11.3 Å². The number of rotatable bonds is 4. The van der Waals surface area contributed by atoms with Crippen LogP contribution in [-0.4, -0.2) is 51.1 Å². The highest BCUT2D eigenvalue weighted by atomic mass is 16.6. The van der Waals surface area contributed by atoms with Crippen LogP contribution in [0.3, 0.4) is 0 Å². The van der Waals surface area contributed by atoms with Crippen LogP contribution in [0.15, 0.2) is 35.1 Å². The first-order valence-corrected chi connectivity index (χ1v) is 8.38. The van der Waals surface area contributed by atoms with Crippen molar-refractivity contribution in [2.75, 3.05) is 22.5 Å². The monoisotopic (exact) mass is 375 g/mol. The number of nitrogens with zero attached hydrogens (tertiary/aromatic N) is 2. The summed E-state index contributed by atoms with van der Waals surface area (Å²) in [6, 6.07) is 8.09. The van der Waals surface area contributed by atoms with Gasteiger partial charge in [0.1, 0.15) is 12.7 Å². The molecule has 0 fully saturated rings. The van der Waals surface area contributed by atoms with Crippen LogP contribution in [0.5, 0.6) is 0 Å².